The molecule has 0 aromatic heterocycles. The Hall–Kier alpha value is -2.35. The van der Waals surface area contributed by atoms with E-state index in [1.165, 1.54) is 0 Å². The van der Waals surface area contributed by atoms with Gasteiger partial charge < -0.3 is 9.84 Å². The van der Waals surface area contributed by atoms with E-state index in [1.54, 1.807) is 7.11 Å². The van der Waals surface area contributed by atoms with E-state index in [0.717, 1.165) is 22.4 Å². The number of nitriles is 1. The van der Waals surface area contributed by atoms with Gasteiger partial charge >= 0.3 is 0 Å². The molecular formula is C18H18N2O2. The van der Waals surface area contributed by atoms with E-state index in [0.29, 0.717) is 0 Å². The van der Waals surface area contributed by atoms with Crippen LogP contribution in [0.5, 0.6) is 5.75 Å². The summed E-state index contributed by atoms with van der Waals surface area (Å²) in [6.07, 6.45) is 0. The third-order valence-electron chi connectivity index (χ3n) is 4.24. The van der Waals surface area contributed by atoms with Gasteiger partial charge in [0.15, 0.2) is 0 Å². The van der Waals surface area contributed by atoms with Crippen LogP contribution in [0.1, 0.15) is 11.5 Å². The fraction of sp³-hybridized carbons (Fsp3) is 0.278. The maximum Gasteiger partial charge on any atom is 0.118 e. The third kappa shape index (κ3) is 2.57. The smallest absolute Gasteiger partial charge is 0.118 e. The monoisotopic (exact) mass is 294 g/mol. The second-order valence-corrected chi connectivity index (χ2v) is 5.44. The molecule has 1 fully saturated rings. The number of nitrogens with one attached hydrogen (secondary N) is 1. The number of hydrogen-bond donors (Lipinski definition) is 2. The van der Waals surface area contributed by atoms with Crippen molar-refractivity contribution in [2.75, 3.05) is 13.7 Å². The first-order valence-corrected chi connectivity index (χ1v) is 7.27. The van der Waals surface area contributed by atoms with E-state index < -0.39 is 0 Å². The summed E-state index contributed by atoms with van der Waals surface area (Å²) >= 11 is 0. The highest BCUT2D eigenvalue weighted by molar-refractivity contribution is 5.64. The maximum absolute atomic E-state index is 9.33. The molecule has 0 saturated carbocycles. The molecule has 3 rings (SSSR count). The Morgan fingerprint density at radius 2 is 1.68 bits per heavy atom. The largest absolute Gasteiger partial charge is 0.497 e. The van der Waals surface area contributed by atoms with Crippen molar-refractivity contribution in [3.05, 3.63) is 54.1 Å². The van der Waals surface area contributed by atoms with Crippen molar-refractivity contribution >= 4 is 0 Å². The van der Waals surface area contributed by atoms with Crippen LogP contribution >= 0.6 is 0 Å². The number of methoxy groups -OCH3 is 1. The first-order chi connectivity index (χ1) is 10.8. The molecule has 1 aliphatic heterocycles. The van der Waals surface area contributed by atoms with Gasteiger partial charge in [-0.3, -0.25) is 5.32 Å². The molecule has 0 amide bonds. The van der Waals surface area contributed by atoms with Crippen LogP contribution in [0.2, 0.25) is 0 Å². The zero-order chi connectivity index (χ0) is 15.5. The van der Waals surface area contributed by atoms with E-state index in [9.17, 15) is 5.11 Å². The van der Waals surface area contributed by atoms with Crippen LogP contribution in [-0.4, -0.2) is 30.9 Å². The average molecular weight is 294 g/mol. The highest BCUT2D eigenvalue weighted by atomic mass is 16.5. The molecule has 0 unspecified atom stereocenters. The molecular weight excluding hydrogens is 276 g/mol. The number of benzene rings is 2. The molecule has 4 nitrogen and oxygen atoms in total. The Kier molecular flexibility index (Phi) is 4.10. The molecule has 0 bridgehead atoms. The van der Waals surface area contributed by atoms with Gasteiger partial charge in [0.25, 0.3) is 0 Å². The predicted octanol–water partition coefficient (Wildman–Crippen LogP) is 2.30. The van der Waals surface area contributed by atoms with Gasteiger partial charge in [0.2, 0.25) is 0 Å². The van der Waals surface area contributed by atoms with Crippen LogP contribution in [0.3, 0.4) is 0 Å². The van der Waals surface area contributed by atoms with Gasteiger partial charge in [-0.2, -0.15) is 5.26 Å². The summed E-state index contributed by atoms with van der Waals surface area (Å²) in [4.78, 5) is 0. The highest BCUT2D eigenvalue weighted by Crippen LogP contribution is 2.33. The van der Waals surface area contributed by atoms with Crippen molar-refractivity contribution in [1.82, 2.24) is 5.32 Å². The maximum atomic E-state index is 9.33. The summed E-state index contributed by atoms with van der Waals surface area (Å²) in [5.74, 6) is 0.892. The summed E-state index contributed by atoms with van der Waals surface area (Å²) in [5, 5.41) is 21.5. The van der Waals surface area contributed by atoms with Crippen LogP contribution in [0.15, 0.2) is 48.5 Å². The van der Waals surface area contributed by atoms with Crippen molar-refractivity contribution in [2.24, 2.45) is 0 Å². The van der Waals surface area contributed by atoms with Gasteiger partial charge in [-0.1, -0.05) is 36.4 Å². The zero-order valence-corrected chi connectivity index (χ0v) is 12.4. The molecule has 1 aliphatic rings. The van der Waals surface area contributed by atoms with E-state index in [4.69, 9.17) is 10.00 Å². The molecule has 1 saturated heterocycles. The fourth-order valence-electron chi connectivity index (χ4n) is 2.94. The fourth-order valence-corrected chi connectivity index (χ4v) is 2.94. The first kappa shape index (κ1) is 14.6. The van der Waals surface area contributed by atoms with Gasteiger partial charge in [-0.15, -0.1) is 0 Å². The first-order valence-electron chi connectivity index (χ1n) is 7.27. The minimum absolute atomic E-state index is 0.0310. The molecule has 1 heterocycles. The van der Waals surface area contributed by atoms with Crippen LogP contribution in [-0.2, 0) is 0 Å². The number of aliphatic hydroxyl groups excluding tert-OH is 1. The number of aliphatic hydroxyl groups is 1. The van der Waals surface area contributed by atoms with Gasteiger partial charge in [0.05, 0.1) is 19.8 Å². The Bertz CT molecular complexity index is 674. The third-order valence-corrected chi connectivity index (χ3v) is 4.24. The van der Waals surface area contributed by atoms with Crippen LogP contribution in [0.25, 0.3) is 11.1 Å². The SMILES string of the molecule is COc1ccc(-c2ccc([C@H]3[C@@H](C#N)N[C@@H]3CO)cc2)cc1. The molecule has 2 aromatic rings. The van der Waals surface area contributed by atoms with Gasteiger partial charge in [-0.25, -0.2) is 0 Å². The number of hydrogen-bond acceptors (Lipinski definition) is 4. The van der Waals surface area contributed by atoms with Crippen LogP contribution in [0, 0.1) is 11.3 Å². The Morgan fingerprint density at radius 3 is 2.18 bits per heavy atom. The summed E-state index contributed by atoms with van der Waals surface area (Å²) in [6, 6.07) is 18.1. The summed E-state index contributed by atoms with van der Waals surface area (Å²) in [5.41, 5.74) is 3.32. The van der Waals surface area contributed by atoms with Crippen molar-refractivity contribution in [1.29, 1.82) is 5.26 Å². The minimum Gasteiger partial charge on any atom is -0.497 e. The van der Waals surface area contributed by atoms with Crippen LogP contribution < -0.4 is 10.1 Å². The Balaban J connectivity index is 1.81. The van der Waals surface area contributed by atoms with Gasteiger partial charge in [0, 0.05) is 12.0 Å². The van der Waals surface area contributed by atoms with Crippen molar-refractivity contribution in [2.45, 2.75) is 18.0 Å². The second-order valence-electron chi connectivity index (χ2n) is 5.44. The lowest BCUT2D eigenvalue weighted by atomic mass is 9.78. The average Bonchev–Trinajstić information content (AvgIpc) is 2.55. The summed E-state index contributed by atoms with van der Waals surface area (Å²) in [7, 11) is 1.65. The van der Waals surface area contributed by atoms with Crippen molar-refractivity contribution in [3.63, 3.8) is 0 Å². The highest BCUT2D eigenvalue weighted by Gasteiger charge is 2.41. The lowest BCUT2D eigenvalue weighted by molar-refractivity contribution is 0.151. The minimum atomic E-state index is -0.219. The van der Waals surface area contributed by atoms with Gasteiger partial charge in [-0.05, 0) is 28.8 Å². The van der Waals surface area contributed by atoms with Crippen molar-refractivity contribution in [3.8, 4) is 22.9 Å². The molecule has 2 N–H and O–H groups in total. The number of ether oxygens (including phenoxy) is 1. The molecule has 0 spiro atoms. The van der Waals surface area contributed by atoms with E-state index in [1.807, 2.05) is 36.4 Å². The molecule has 0 radical (unpaired) electrons. The normalized spacial score (nSPS) is 23.4. The molecule has 4 heteroatoms. The van der Waals surface area contributed by atoms with E-state index >= 15 is 0 Å². The standard InChI is InChI=1S/C18H18N2O2/c1-22-15-8-6-13(7-9-15)12-2-4-14(5-3-12)18-16(10-19)20-17(18)11-21/h2-9,16-18,20-21H,11H2,1H3/t16-,17-,18+/m1/s1. The van der Waals surface area contributed by atoms with Crippen LogP contribution in [0.4, 0.5) is 0 Å². The number of nitrogens with zero attached hydrogens (tertiary/aromatic N) is 1. The molecule has 22 heavy (non-hydrogen) atoms. The Morgan fingerprint density at radius 1 is 1.09 bits per heavy atom. The van der Waals surface area contributed by atoms with Gasteiger partial charge in [0.1, 0.15) is 11.8 Å². The summed E-state index contributed by atoms with van der Waals surface area (Å²) in [6.45, 7) is 0.0447. The molecule has 3 atom stereocenters. The predicted molar refractivity (Wildman–Crippen MR) is 84.6 cm³/mol. The van der Waals surface area contributed by atoms with E-state index in [2.05, 4.69) is 23.5 Å². The topological polar surface area (TPSA) is 65.3 Å². The molecule has 0 aliphatic carbocycles. The molecule has 112 valence electrons. The number of rotatable bonds is 4. The quantitative estimate of drug-likeness (QED) is 0.908. The molecule has 2 aromatic carbocycles. The lowest BCUT2D eigenvalue weighted by Crippen LogP contribution is -2.60. The Labute approximate surface area is 130 Å². The zero-order valence-electron chi connectivity index (χ0n) is 12.4. The van der Waals surface area contributed by atoms with Crippen molar-refractivity contribution < 1.29 is 9.84 Å². The van der Waals surface area contributed by atoms with E-state index in [-0.39, 0.29) is 24.6 Å². The second kappa shape index (κ2) is 6.18. The summed E-state index contributed by atoms with van der Waals surface area (Å²) < 4.78 is 5.16. The lowest BCUT2D eigenvalue weighted by Gasteiger charge is -2.41.